The van der Waals surface area contributed by atoms with Gasteiger partial charge in [0.05, 0.1) is 0 Å². The van der Waals surface area contributed by atoms with Crippen LogP contribution in [0.1, 0.15) is 39.0 Å². The third-order valence-electron chi connectivity index (χ3n) is 5.66. The fraction of sp³-hybridized carbons (Fsp3) is 0.778. The first kappa shape index (κ1) is 18.4. The maximum absolute atomic E-state index is 10.9. The van der Waals surface area contributed by atoms with Crippen molar-refractivity contribution in [1.29, 1.82) is 0 Å². The van der Waals surface area contributed by atoms with E-state index in [1.165, 1.54) is 6.92 Å². The quantitative estimate of drug-likeness (QED) is 0.763. The summed E-state index contributed by atoms with van der Waals surface area (Å²) in [6.07, 6.45) is 8.90. The Morgan fingerprint density at radius 1 is 1.32 bits per heavy atom. The molecule has 1 aliphatic carbocycles. The fourth-order valence-electron chi connectivity index (χ4n) is 4.09. The van der Waals surface area contributed by atoms with Crippen LogP contribution < -0.4 is 5.32 Å². The minimum atomic E-state index is -0.368. The minimum absolute atomic E-state index is 0.0967. The van der Waals surface area contributed by atoms with Gasteiger partial charge >= 0.3 is 0 Å². The smallest absolute Gasteiger partial charge is 0.218 e. The lowest BCUT2D eigenvalue weighted by molar-refractivity contribution is -0.302. The van der Waals surface area contributed by atoms with Gasteiger partial charge in [-0.1, -0.05) is 6.08 Å². The highest BCUT2D eigenvalue weighted by atomic mass is 16.7. The van der Waals surface area contributed by atoms with Gasteiger partial charge in [-0.2, -0.15) is 0 Å². The number of likely N-dealkylation sites (tertiary alicyclic amines) is 1. The lowest BCUT2D eigenvalue weighted by Gasteiger charge is -2.57. The predicted octanol–water partition coefficient (Wildman–Crippen LogP) is 1.65. The third-order valence-corrected chi connectivity index (χ3v) is 5.66. The van der Waals surface area contributed by atoms with Crippen LogP contribution in [0.3, 0.4) is 0 Å². The molecule has 1 amide bonds. The van der Waals surface area contributed by atoms with Gasteiger partial charge < -0.3 is 24.4 Å². The monoisotopic (exact) mass is 351 g/mol. The van der Waals surface area contributed by atoms with E-state index in [4.69, 9.17) is 14.2 Å². The molecule has 1 saturated heterocycles. The van der Waals surface area contributed by atoms with Gasteiger partial charge in [-0.3, -0.25) is 4.79 Å². The number of amides is 1. The van der Waals surface area contributed by atoms with Gasteiger partial charge in [-0.25, -0.2) is 4.99 Å². The van der Waals surface area contributed by atoms with E-state index in [1.807, 2.05) is 0 Å². The van der Waals surface area contributed by atoms with Crippen LogP contribution in [0.2, 0.25) is 0 Å². The molecule has 0 radical (unpaired) electrons. The molecule has 3 aliphatic rings. The van der Waals surface area contributed by atoms with Crippen molar-refractivity contribution < 1.29 is 19.0 Å². The number of rotatable bonds is 5. The summed E-state index contributed by atoms with van der Waals surface area (Å²) in [5.41, 5.74) is 0.350. The topological polar surface area (TPSA) is 72.4 Å². The average molecular weight is 351 g/mol. The van der Waals surface area contributed by atoms with E-state index >= 15 is 0 Å². The number of hydrogen-bond acceptors (Lipinski definition) is 6. The van der Waals surface area contributed by atoms with Gasteiger partial charge in [-0.05, 0) is 24.3 Å². The van der Waals surface area contributed by atoms with Crippen molar-refractivity contribution in [3.8, 4) is 0 Å². The van der Waals surface area contributed by atoms with Crippen molar-refractivity contribution in [1.82, 2.24) is 10.2 Å². The average Bonchev–Trinajstić information content (AvgIpc) is 2.59. The molecule has 2 fully saturated rings. The molecule has 0 aromatic heterocycles. The van der Waals surface area contributed by atoms with Crippen LogP contribution in [0, 0.1) is 5.41 Å². The highest BCUT2D eigenvalue weighted by Gasteiger charge is 2.56. The molecule has 25 heavy (non-hydrogen) atoms. The van der Waals surface area contributed by atoms with Crippen LogP contribution in [0.25, 0.3) is 0 Å². The first-order valence-corrected chi connectivity index (χ1v) is 8.95. The van der Waals surface area contributed by atoms with Crippen LogP contribution >= 0.6 is 0 Å². The van der Waals surface area contributed by atoms with Crippen LogP contribution in [0.15, 0.2) is 17.1 Å². The summed E-state index contributed by atoms with van der Waals surface area (Å²) in [4.78, 5) is 17.9. The second kappa shape index (κ2) is 7.43. The molecule has 1 N–H and O–H groups in total. The van der Waals surface area contributed by atoms with E-state index in [0.29, 0.717) is 5.41 Å². The van der Waals surface area contributed by atoms with Crippen molar-refractivity contribution in [3.05, 3.63) is 12.2 Å². The number of dihydropyridines is 1. The number of hydrogen-bond donors (Lipinski definition) is 1. The molecule has 1 unspecified atom stereocenters. The standard InChI is InChI=1S/C18H29N3O4/c1-14(22)19-13-25-16-6-4-5-15(20-16)21-9-7-17(8-10-21)11-18(12-17,23-2)24-3/h4-5,16H,6-13H2,1-3H3,(H,19,22). The van der Waals surface area contributed by atoms with Crippen molar-refractivity contribution in [2.45, 2.75) is 51.0 Å². The molecular formula is C18H29N3O4. The Morgan fingerprint density at radius 3 is 2.60 bits per heavy atom. The molecule has 2 aliphatic heterocycles. The molecule has 1 saturated carbocycles. The largest absolute Gasteiger partial charge is 0.357 e. The molecule has 0 aromatic rings. The van der Waals surface area contributed by atoms with Crippen LogP contribution in [-0.4, -0.2) is 62.7 Å². The minimum Gasteiger partial charge on any atom is -0.357 e. The summed E-state index contributed by atoms with van der Waals surface area (Å²) >= 11 is 0. The van der Waals surface area contributed by atoms with E-state index < -0.39 is 0 Å². The second-order valence-electron chi connectivity index (χ2n) is 7.28. The molecule has 1 atom stereocenters. The molecular weight excluding hydrogens is 322 g/mol. The Labute approximate surface area is 149 Å². The third kappa shape index (κ3) is 4.04. The van der Waals surface area contributed by atoms with Crippen molar-refractivity contribution in [3.63, 3.8) is 0 Å². The van der Waals surface area contributed by atoms with E-state index in [-0.39, 0.29) is 24.7 Å². The van der Waals surface area contributed by atoms with Crippen LogP contribution in [0.5, 0.6) is 0 Å². The Hall–Kier alpha value is -1.44. The number of nitrogens with one attached hydrogen (secondary N) is 1. The van der Waals surface area contributed by atoms with Gasteiger partial charge in [0.1, 0.15) is 12.6 Å². The van der Waals surface area contributed by atoms with E-state index in [2.05, 4.69) is 27.4 Å². The molecule has 7 heteroatoms. The van der Waals surface area contributed by atoms with Crippen LogP contribution in [-0.2, 0) is 19.0 Å². The molecule has 1 spiro atoms. The van der Waals surface area contributed by atoms with Gasteiger partial charge in [-0.15, -0.1) is 0 Å². The molecule has 3 rings (SSSR count). The molecule has 2 heterocycles. The Morgan fingerprint density at radius 2 is 2.00 bits per heavy atom. The summed E-state index contributed by atoms with van der Waals surface area (Å²) in [7, 11) is 3.46. The number of amidine groups is 1. The maximum atomic E-state index is 10.9. The lowest BCUT2D eigenvalue weighted by atomic mass is 9.59. The normalized spacial score (nSPS) is 26.9. The highest BCUT2D eigenvalue weighted by molar-refractivity contribution is 5.93. The number of nitrogens with zero attached hydrogens (tertiary/aromatic N) is 2. The molecule has 0 bridgehead atoms. The summed E-state index contributed by atoms with van der Waals surface area (Å²) in [5, 5.41) is 2.64. The van der Waals surface area contributed by atoms with E-state index in [0.717, 1.165) is 51.0 Å². The van der Waals surface area contributed by atoms with Gasteiger partial charge in [0.25, 0.3) is 0 Å². The zero-order valence-electron chi connectivity index (χ0n) is 15.4. The number of ether oxygens (including phenoxy) is 3. The summed E-state index contributed by atoms with van der Waals surface area (Å²) in [5.74, 6) is 0.520. The second-order valence-corrected chi connectivity index (χ2v) is 7.28. The van der Waals surface area contributed by atoms with Crippen molar-refractivity contribution in [2.24, 2.45) is 10.4 Å². The van der Waals surface area contributed by atoms with E-state index in [9.17, 15) is 4.79 Å². The first-order valence-electron chi connectivity index (χ1n) is 8.95. The maximum Gasteiger partial charge on any atom is 0.218 e. The Bertz CT molecular complexity index is 539. The summed E-state index contributed by atoms with van der Waals surface area (Å²) in [6, 6.07) is 0. The number of aliphatic imine (C=N–C) groups is 1. The van der Waals surface area contributed by atoms with Gasteiger partial charge in [0, 0.05) is 53.5 Å². The zero-order valence-corrected chi connectivity index (χ0v) is 15.4. The number of piperidine rings is 1. The lowest BCUT2D eigenvalue weighted by Crippen LogP contribution is -2.58. The Kier molecular flexibility index (Phi) is 5.46. The molecule has 0 aromatic carbocycles. The summed E-state index contributed by atoms with van der Waals surface area (Å²) in [6.45, 7) is 3.66. The number of carbonyl (C=O) groups is 1. The fourth-order valence-corrected chi connectivity index (χ4v) is 4.09. The number of carbonyl (C=O) groups excluding carboxylic acids is 1. The summed E-state index contributed by atoms with van der Waals surface area (Å²) < 4.78 is 16.7. The van der Waals surface area contributed by atoms with Gasteiger partial charge in [0.2, 0.25) is 5.91 Å². The highest BCUT2D eigenvalue weighted by Crippen LogP contribution is 2.56. The SMILES string of the molecule is COC1(OC)CC2(CCN(C3=NC(OCNC(C)=O)CC=C3)CC2)C1. The van der Waals surface area contributed by atoms with E-state index in [1.54, 1.807) is 14.2 Å². The molecule has 140 valence electrons. The zero-order chi connectivity index (χ0) is 17.9. The number of methoxy groups -OCH3 is 2. The Balaban J connectivity index is 1.50. The first-order chi connectivity index (χ1) is 12.0. The molecule has 7 nitrogen and oxygen atoms in total. The van der Waals surface area contributed by atoms with Gasteiger partial charge in [0.15, 0.2) is 12.0 Å². The van der Waals surface area contributed by atoms with Crippen LogP contribution in [0.4, 0.5) is 0 Å². The van der Waals surface area contributed by atoms with Crippen molar-refractivity contribution >= 4 is 11.7 Å². The van der Waals surface area contributed by atoms with Crippen molar-refractivity contribution in [2.75, 3.05) is 34.0 Å². The predicted molar refractivity (Wildman–Crippen MR) is 94.0 cm³/mol.